The third-order valence-corrected chi connectivity index (χ3v) is 2.78. The third kappa shape index (κ3) is 1.78. The second-order valence-electron chi connectivity index (χ2n) is 3.85. The van der Waals surface area contributed by atoms with E-state index in [9.17, 15) is 0 Å². The number of hydrogen-bond acceptors (Lipinski definition) is 4. The van der Waals surface area contributed by atoms with Gasteiger partial charge in [0.1, 0.15) is 6.33 Å². The van der Waals surface area contributed by atoms with Crippen molar-refractivity contribution in [3.8, 4) is 0 Å². The first-order valence-corrected chi connectivity index (χ1v) is 5.11. The summed E-state index contributed by atoms with van der Waals surface area (Å²) in [4.78, 5) is 8.19. The number of hydrogen-bond donors (Lipinski definition) is 2. The quantitative estimate of drug-likeness (QED) is 0.749. The number of nitrogens with one attached hydrogen (secondary N) is 1. The Bertz CT molecular complexity index is 318. The van der Waals surface area contributed by atoms with Crippen molar-refractivity contribution in [3.63, 3.8) is 0 Å². The van der Waals surface area contributed by atoms with Gasteiger partial charge in [0.25, 0.3) is 0 Å². The molecule has 0 atom stereocenters. The van der Waals surface area contributed by atoms with E-state index in [4.69, 9.17) is 5.73 Å². The number of rotatable bonds is 2. The number of nitrogens with zero attached hydrogens (tertiary/aromatic N) is 2. The van der Waals surface area contributed by atoms with Gasteiger partial charge in [-0.25, -0.2) is 9.97 Å². The van der Waals surface area contributed by atoms with E-state index in [1.165, 1.54) is 25.7 Å². The molecule has 1 aromatic heterocycles. The van der Waals surface area contributed by atoms with E-state index in [1.54, 1.807) is 6.33 Å². The molecular formula is C10H16N4. The molecule has 76 valence electrons. The van der Waals surface area contributed by atoms with Crippen molar-refractivity contribution in [2.75, 3.05) is 11.1 Å². The van der Waals surface area contributed by atoms with E-state index in [0.717, 1.165) is 11.5 Å². The topological polar surface area (TPSA) is 63.8 Å². The fourth-order valence-electron chi connectivity index (χ4n) is 1.86. The highest BCUT2D eigenvalue weighted by atomic mass is 15.1. The lowest BCUT2D eigenvalue weighted by Gasteiger charge is -2.14. The van der Waals surface area contributed by atoms with Crippen LogP contribution in [-0.4, -0.2) is 16.0 Å². The first kappa shape index (κ1) is 9.24. The molecule has 14 heavy (non-hydrogen) atoms. The molecule has 0 saturated heterocycles. The molecule has 0 aromatic carbocycles. The minimum absolute atomic E-state index is 0.548. The minimum atomic E-state index is 0.548. The van der Waals surface area contributed by atoms with Crippen LogP contribution < -0.4 is 11.1 Å². The molecule has 0 radical (unpaired) electrons. The second-order valence-corrected chi connectivity index (χ2v) is 3.85. The molecule has 1 aromatic rings. The van der Waals surface area contributed by atoms with Crippen LogP contribution in [0.5, 0.6) is 0 Å². The van der Waals surface area contributed by atoms with Crippen molar-refractivity contribution in [2.45, 2.75) is 38.6 Å². The van der Waals surface area contributed by atoms with Crippen molar-refractivity contribution < 1.29 is 0 Å². The van der Waals surface area contributed by atoms with E-state index >= 15 is 0 Å². The summed E-state index contributed by atoms with van der Waals surface area (Å²) in [6.45, 7) is 1.90. The third-order valence-electron chi connectivity index (χ3n) is 2.78. The molecule has 4 nitrogen and oxygen atoms in total. The first-order valence-electron chi connectivity index (χ1n) is 5.11. The molecule has 4 heteroatoms. The van der Waals surface area contributed by atoms with Gasteiger partial charge in [0.2, 0.25) is 0 Å². The molecule has 2 rings (SSSR count). The van der Waals surface area contributed by atoms with E-state index in [0.29, 0.717) is 11.7 Å². The summed E-state index contributed by atoms with van der Waals surface area (Å²) in [6.07, 6.45) is 6.62. The predicted octanol–water partition coefficient (Wildman–Crippen LogP) is 1.72. The molecule has 3 N–H and O–H groups in total. The van der Waals surface area contributed by atoms with E-state index in [1.807, 2.05) is 6.92 Å². The zero-order valence-corrected chi connectivity index (χ0v) is 8.45. The minimum Gasteiger partial charge on any atom is -0.394 e. The first-order chi connectivity index (χ1) is 6.77. The molecule has 0 spiro atoms. The summed E-state index contributed by atoms with van der Waals surface area (Å²) < 4.78 is 0. The number of nitrogen functional groups attached to an aromatic ring is 1. The summed E-state index contributed by atoms with van der Waals surface area (Å²) in [5.74, 6) is 0.796. The second kappa shape index (κ2) is 3.82. The van der Waals surface area contributed by atoms with Gasteiger partial charge in [-0.1, -0.05) is 12.8 Å². The van der Waals surface area contributed by atoms with Crippen molar-refractivity contribution >= 4 is 11.5 Å². The Balaban J connectivity index is 2.11. The van der Waals surface area contributed by atoms with Gasteiger partial charge in [-0.15, -0.1) is 0 Å². The fraction of sp³-hybridized carbons (Fsp3) is 0.600. The lowest BCUT2D eigenvalue weighted by atomic mass is 10.2. The van der Waals surface area contributed by atoms with Gasteiger partial charge >= 0.3 is 0 Å². The van der Waals surface area contributed by atoms with Crippen LogP contribution in [0.1, 0.15) is 31.4 Å². The standard InChI is InChI=1S/C10H16N4/c1-7-9(11)10(13-6-12-7)14-8-4-2-3-5-8/h6,8H,2-5,11H2,1H3,(H,12,13,14). The molecule has 0 unspecified atom stereocenters. The lowest BCUT2D eigenvalue weighted by Crippen LogP contribution is -2.17. The molecular weight excluding hydrogens is 176 g/mol. The summed E-state index contributed by atoms with van der Waals surface area (Å²) >= 11 is 0. The monoisotopic (exact) mass is 192 g/mol. The van der Waals surface area contributed by atoms with Crippen LogP contribution in [0, 0.1) is 6.92 Å². The highest BCUT2D eigenvalue weighted by molar-refractivity contribution is 5.63. The number of anilines is 2. The molecule has 1 aliphatic rings. The van der Waals surface area contributed by atoms with E-state index < -0.39 is 0 Å². The number of aromatic nitrogens is 2. The highest BCUT2D eigenvalue weighted by Gasteiger charge is 2.16. The van der Waals surface area contributed by atoms with Crippen molar-refractivity contribution in [2.24, 2.45) is 0 Å². The summed E-state index contributed by atoms with van der Waals surface area (Å²) in [7, 11) is 0. The largest absolute Gasteiger partial charge is 0.394 e. The van der Waals surface area contributed by atoms with Gasteiger partial charge in [0.15, 0.2) is 5.82 Å². The van der Waals surface area contributed by atoms with Crippen LogP contribution in [-0.2, 0) is 0 Å². The molecule has 1 fully saturated rings. The SMILES string of the molecule is Cc1ncnc(NC2CCCC2)c1N. The highest BCUT2D eigenvalue weighted by Crippen LogP contribution is 2.24. The summed E-state index contributed by atoms with van der Waals surface area (Å²) in [5, 5.41) is 3.37. The molecule has 1 saturated carbocycles. The summed E-state index contributed by atoms with van der Waals surface area (Å²) in [6, 6.07) is 0.548. The Labute approximate surface area is 83.9 Å². The molecule has 0 bridgehead atoms. The summed E-state index contributed by atoms with van der Waals surface area (Å²) in [5.41, 5.74) is 7.40. The number of nitrogens with two attached hydrogens (primary N) is 1. The van der Waals surface area contributed by atoms with Crippen LogP contribution in [0.2, 0.25) is 0 Å². The zero-order valence-electron chi connectivity index (χ0n) is 8.45. The van der Waals surface area contributed by atoms with Gasteiger partial charge in [0, 0.05) is 6.04 Å². The normalized spacial score (nSPS) is 17.2. The maximum Gasteiger partial charge on any atom is 0.153 e. The van der Waals surface area contributed by atoms with Gasteiger partial charge in [-0.3, -0.25) is 0 Å². The molecule has 0 aliphatic heterocycles. The van der Waals surface area contributed by atoms with E-state index in [-0.39, 0.29) is 0 Å². The van der Waals surface area contributed by atoms with Crippen LogP contribution in [0.4, 0.5) is 11.5 Å². The Morgan fingerprint density at radius 1 is 1.36 bits per heavy atom. The average Bonchev–Trinajstić information content (AvgIpc) is 2.66. The van der Waals surface area contributed by atoms with Gasteiger partial charge in [-0.2, -0.15) is 0 Å². The molecule has 0 amide bonds. The van der Waals surface area contributed by atoms with Gasteiger partial charge in [0.05, 0.1) is 11.4 Å². The van der Waals surface area contributed by atoms with Gasteiger partial charge < -0.3 is 11.1 Å². The van der Waals surface area contributed by atoms with Crippen LogP contribution in [0.25, 0.3) is 0 Å². The number of aryl methyl sites for hydroxylation is 1. The maximum absolute atomic E-state index is 5.87. The Kier molecular flexibility index (Phi) is 2.52. The van der Waals surface area contributed by atoms with Crippen LogP contribution in [0.3, 0.4) is 0 Å². The Hall–Kier alpha value is -1.32. The van der Waals surface area contributed by atoms with Crippen molar-refractivity contribution in [1.82, 2.24) is 9.97 Å². The average molecular weight is 192 g/mol. The Morgan fingerprint density at radius 3 is 2.79 bits per heavy atom. The van der Waals surface area contributed by atoms with Gasteiger partial charge in [-0.05, 0) is 19.8 Å². The van der Waals surface area contributed by atoms with Crippen molar-refractivity contribution in [3.05, 3.63) is 12.0 Å². The smallest absolute Gasteiger partial charge is 0.153 e. The molecule has 1 heterocycles. The van der Waals surface area contributed by atoms with Crippen molar-refractivity contribution in [1.29, 1.82) is 0 Å². The van der Waals surface area contributed by atoms with E-state index in [2.05, 4.69) is 15.3 Å². The maximum atomic E-state index is 5.87. The molecule has 1 aliphatic carbocycles. The zero-order chi connectivity index (χ0) is 9.97. The fourth-order valence-corrected chi connectivity index (χ4v) is 1.86. The lowest BCUT2D eigenvalue weighted by molar-refractivity contribution is 0.750. The predicted molar refractivity (Wildman–Crippen MR) is 57.1 cm³/mol. The van der Waals surface area contributed by atoms with Crippen LogP contribution >= 0.6 is 0 Å². The Morgan fingerprint density at radius 2 is 2.07 bits per heavy atom. The van der Waals surface area contributed by atoms with Crippen LogP contribution in [0.15, 0.2) is 6.33 Å².